The summed E-state index contributed by atoms with van der Waals surface area (Å²) < 4.78 is 0. The van der Waals surface area contributed by atoms with Crippen molar-refractivity contribution in [1.82, 2.24) is 0 Å². The van der Waals surface area contributed by atoms with Gasteiger partial charge in [-0.05, 0) is 31.2 Å². The Morgan fingerprint density at radius 2 is 1.74 bits per heavy atom. The van der Waals surface area contributed by atoms with Gasteiger partial charge in [-0.15, -0.1) is 0 Å². The van der Waals surface area contributed by atoms with E-state index in [2.05, 4.69) is 5.32 Å². The van der Waals surface area contributed by atoms with Crippen LogP contribution in [0.3, 0.4) is 0 Å². The summed E-state index contributed by atoms with van der Waals surface area (Å²) in [7, 11) is 0. The summed E-state index contributed by atoms with van der Waals surface area (Å²) in [6.07, 6.45) is 0. The molecule has 3 rings (SSSR count). The van der Waals surface area contributed by atoms with E-state index in [-0.39, 0.29) is 17.9 Å². The van der Waals surface area contributed by atoms with Crippen molar-refractivity contribution in [2.45, 2.75) is 6.92 Å². The topological polar surface area (TPSA) is 69.6 Å². The molecule has 0 aliphatic carbocycles. The molecule has 2 aromatic carbocycles. The number of hydrogen-bond donors (Lipinski definition) is 2. The van der Waals surface area contributed by atoms with E-state index in [9.17, 15) is 14.7 Å². The van der Waals surface area contributed by atoms with E-state index in [0.717, 1.165) is 5.56 Å². The number of aryl methyl sites for hydroxylation is 1. The van der Waals surface area contributed by atoms with Crippen LogP contribution in [0.25, 0.3) is 0 Å². The van der Waals surface area contributed by atoms with Gasteiger partial charge >= 0.3 is 0 Å². The van der Waals surface area contributed by atoms with Crippen LogP contribution in [0.2, 0.25) is 0 Å². The van der Waals surface area contributed by atoms with Crippen molar-refractivity contribution >= 4 is 23.2 Å². The van der Waals surface area contributed by atoms with Crippen molar-refractivity contribution in [2.24, 2.45) is 0 Å². The minimum Gasteiger partial charge on any atom is -0.509 e. The summed E-state index contributed by atoms with van der Waals surface area (Å²) in [5.41, 5.74) is 2.07. The molecule has 2 aromatic rings. The van der Waals surface area contributed by atoms with Crippen molar-refractivity contribution < 1.29 is 14.7 Å². The number of aliphatic hydroxyl groups excluding tert-OH is 1. The Balaban J connectivity index is 1.79. The molecule has 0 unspecified atom stereocenters. The zero-order chi connectivity index (χ0) is 16.4. The Hall–Kier alpha value is -3.08. The molecule has 5 heteroatoms. The van der Waals surface area contributed by atoms with Gasteiger partial charge in [0.25, 0.3) is 11.8 Å². The Labute approximate surface area is 133 Å². The number of para-hydroxylation sites is 1. The summed E-state index contributed by atoms with van der Waals surface area (Å²) >= 11 is 0. The maximum Gasteiger partial charge on any atom is 0.267 e. The van der Waals surface area contributed by atoms with Crippen molar-refractivity contribution in [3.05, 3.63) is 71.5 Å². The predicted molar refractivity (Wildman–Crippen MR) is 88.3 cm³/mol. The van der Waals surface area contributed by atoms with Gasteiger partial charge in [0, 0.05) is 11.4 Å². The highest BCUT2D eigenvalue weighted by Crippen LogP contribution is 2.25. The van der Waals surface area contributed by atoms with Gasteiger partial charge in [-0.2, -0.15) is 0 Å². The lowest BCUT2D eigenvalue weighted by molar-refractivity contribution is -0.119. The van der Waals surface area contributed by atoms with Crippen LogP contribution >= 0.6 is 0 Å². The lowest BCUT2D eigenvalue weighted by atomic mass is 10.2. The van der Waals surface area contributed by atoms with Crippen LogP contribution in [0.5, 0.6) is 0 Å². The Kier molecular flexibility index (Phi) is 3.85. The maximum absolute atomic E-state index is 12.4. The lowest BCUT2D eigenvalue weighted by Crippen LogP contribution is -2.30. The fourth-order valence-electron chi connectivity index (χ4n) is 2.43. The van der Waals surface area contributed by atoms with Crippen LogP contribution in [0.15, 0.2) is 65.9 Å². The highest BCUT2D eigenvalue weighted by molar-refractivity contribution is 6.29. The predicted octanol–water partition coefficient (Wildman–Crippen LogP) is 2.79. The molecule has 0 radical (unpaired) electrons. The summed E-state index contributed by atoms with van der Waals surface area (Å²) in [6, 6.07) is 16.2. The molecule has 0 spiro atoms. The van der Waals surface area contributed by atoms with Crippen molar-refractivity contribution in [1.29, 1.82) is 0 Å². The molecule has 1 aliphatic heterocycles. The Morgan fingerprint density at radius 1 is 1.09 bits per heavy atom. The summed E-state index contributed by atoms with van der Waals surface area (Å²) in [6.45, 7) is 1.94. The third-order valence-electron chi connectivity index (χ3n) is 3.66. The summed E-state index contributed by atoms with van der Waals surface area (Å²) in [5.74, 6) is -1.32. The minimum atomic E-state index is -0.602. The third-order valence-corrected chi connectivity index (χ3v) is 3.66. The average Bonchev–Trinajstić information content (AvgIpc) is 2.85. The minimum absolute atomic E-state index is 0.000498. The molecular weight excluding hydrogens is 292 g/mol. The first-order valence-corrected chi connectivity index (χ1v) is 7.23. The van der Waals surface area contributed by atoms with E-state index in [1.165, 1.54) is 4.90 Å². The highest BCUT2D eigenvalue weighted by Gasteiger charge is 2.35. The first-order chi connectivity index (χ1) is 11.1. The van der Waals surface area contributed by atoms with Gasteiger partial charge in [0.05, 0.1) is 6.54 Å². The molecule has 0 aromatic heterocycles. The van der Waals surface area contributed by atoms with Gasteiger partial charge < -0.3 is 15.3 Å². The van der Waals surface area contributed by atoms with Crippen LogP contribution in [0, 0.1) is 6.92 Å². The molecule has 0 bridgehead atoms. The molecule has 0 saturated heterocycles. The second kappa shape index (κ2) is 5.96. The lowest BCUT2D eigenvalue weighted by Gasteiger charge is -2.15. The Morgan fingerprint density at radius 3 is 2.39 bits per heavy atom. The highest BCUT2D eigenvalue weighted by atomic mass is 16.3. The van der Waals surface area contributed by atoms with Gasteiger partial charge in [0.2, 0.25) is 0 Å². The van der Waals surface area contributed by atoms with Gasteiger partial charge in [0.1, 0.15) is 11.3 Å². The van der Waals surface area contributed by atoms with Crippen LogP contribution < -0.4 is 10.2 Å². The van der Waals surface area contributed by atoms with Crippen LogP contribution in [0.1, 0.15) is 5.56 Å². The fraction of sp³-hybridized carbons (Fsp3) is 0.111. The molecule has 0 fully saturated rings. The zero-order valence-electron chi connectivity index (χ0n) is 12.6. The largest absolute Gasteiger partial charge is 0.509 e. The van der Waals surface area contributed by atoms with Crippen LogP contribution in [-0.4, -0.2) is 23.5 Å². The summed E-state index contributed by atoms with van der Waals surface area (Å²) in [4.78, 5) is 26.1. The van der Waals surface area contributed by atoms with Gasteiger partial charge in [-0.25, -0.2) is 0 Å². The van der Waals surface area contributed by atoms with E-state index in [1.54, 1.807) is 36.4 Å². The van der Waals surface area contributed by atoms with Gasteiger partial charge in [-0.1, -0.05) is 35.9 Å². The number of nitrogens with one attached hydrogen (secondary N) is 1. The number of rotatable bonds is 3. The van der Waals surface area contributed by atoms with Gasteiger partial charge in [-0.3, -0.25) is 9.59 Å². The fourth-order valence-corrected chi connectivity index (χ4v) is 2.43. The molecule has 2 N–H and O–H groups in total. The van der Waals surface area contributed by atoms with Crippen LogP contribution in [-0.2, 0) is 9.59 Å². The smallest absolute Gasteiger partial charge is 0.267 e. The van der Waals surface area contributed by atoms with E-state index in [4.69, 9.17) is 0 Å². The van der Waals surface area contributed by atoms with Crippen molar-refractivity contribution in [2.75, 3.05) is 16.8 Å². The normalized spacial score (nSPS) is 14.3. The number of carbonyl (C=O) groups is 2. The average molecular weight is 308 g/mol. The molecule has 2 amide bonds. The molecule has 0 atom stereocenters. The number of anilines is 2. The van der Waals surface area contributed by atoms with E-state index >= 15 is 0 Å². The molecule has 5 nitrogen and oxygen atoms in total. The van der Waals surface area contributed by atoms with Crippen molar-refractivity contribution in [3.63, 3.8) is 0 Å². The second-order valence-corrected chi connectivity index (χ2v) is 5.37. The maximum atomic E-state index is 12.4. The van der Waals surface area contributed by atoms with E-state index in [0.29, 0.717) is 11.4 Å². The number of benzene rings is 2. The van der Waals surface area contributed by atoms with Gasteiger partial charge in [0.15, 0.2) is 0 Å². The second-order valence-electron chi connectivity index (χ2n) is 5.37. The van der Waals surface area contributed by atoms with E-state index in [1.807, 2.05) is 25.1 Å². The zero-order valence-corrected chi connectivity index (χ0v) is 12.6. The number of carbonyl (C=O) groups excluding carboxylic acids is 2. The molecule has 116 valence electrons. The standard InChI is InChI=1S/C18H16N2O3/c1-12-7-9-13(10-8-12)19-17(22)16-15(21)11-20(18(16)23)14-5-3-2-4-6-14/h2-10,21H,11H2,1H3,(H,19,22). The SMILES string of the molecule is Cc1ccc(NC(=O)C2=C(O)CN(c3ccccc3)C2=O)cc1. The monoisotopic (exact) mass is 308 g/mol. The van der Waals surface area contributed by atoms with Crippen LogP contribution in [0.4, 0.5) is 11.4 Å². The first kappa shape index (κ1) is 14.8. The summed E-state index contributed by atoms with van der Waals surface area (Å²) in [5, 5.41) is 12.7. The molecule has 0 saturated carbocycles. The van der Waals surface area contributed by atoms with Crippen molar-refractivity contribution in [3.8, 4) is 0 Å². The first-order valence-electron chi connectivity index (χ1n) is 7.23. The number of nitrogens with zero attached hydrogens (tertiary/aromatic N) is 1. The number of aliphatic hydroxyl groups is 1. The number of amides is 2. The quantitative estimate of drug-likeness (QED) is 0.857. The molecule has 23 heavy (non-hydrogen) atoms. The Bertz CT molecular complexity index is 780. The molecular formula is C18H16N2O3. The molecule has 1 aliphatic rings. The van der Waals surface area contributed by atoms with E-state index < -0.39 is 11.8 Å². The third kappa shape index (κ3) is 2.94. The molecule has 1 heterocycles. The number of hydrogen-bond acceptors (Lipinski definition) is 3.